The lowest BCUT2D eigenvalue weighted by Gasteiger charge is -2.19. The number of rotatable bonds is 3. The molecule has 1 aliphatic rings. The van der Waals surface area contributed by atoms with Gasteiger partial charge in [-0.1, -0.05) is 42.5 Å². The summed E-state index contributed by atoms with van der Waals surface area (Å²) < 4.78 is 5.82. The van der Waals surface area contributed by atoms with Crippen molar-refractivity contribution < 1.29 is 4.74 Å². The van der Waals surface area contributed by atoms with E-state index in [1.165, 1.54) is 11.1 Å². The van der Waals surface area contributed by atoms with Crippen LogP contribution in [0.2, 0.25) is 0 Å². The summed E-state index contributed by atoms with van der Waals surface area (Å²) in [6.45, 7) is 0.603. The Morgan fingerprint density at radius 2 is 1.89 bits per heavy atom. The van der Waals surface area contributed by atoms with Gasteiger partial charge in [0.15, 0.2) is 0 Å². The van der Waals surface area contributed by atoms with Gasteiger partial charge in [0.25, 0.3) is 0 Å². The van der Waals surface area contributed by atoms with E-state index in [2.05, 4.69) is 23.5 Å². The van der Waals surface area contributed by atoms with Gasteiger partial charge in [-0.05, 0) is 35.7 Å². The minimum atomic E-state index is 0.603. The molecule has 1 heterocycles. The number of nitrogens with one attached hydrogen (secondary N) is 1. The van der Waals surface area contributed by atoms with Crippen molar-refractivity contribution in [3.63, 3.8) is 0 Å². The minimum absolute atomic E-state index is 0.603. The van der Waals surface area contributed by atoms with Crippen LogP contribution in [0.15, 0.2) is 48.5 Å². The van der Waals surface area contributed by atoms with Gasteiger partial charge in [-0.2, -0.15) is 0 Å². The van der Waals surface area contributed by atoms with Crippen molar-refractivity contribution in [3.05, 3.63) is 59.7 Å². The lowest BCUT2D eigenvalue weighted by atomic mass is 10.0. The lowest BCUT2D eigenvalue weighted by Crippen LogP contribution is -2.17. The quantitative estimate of drug-likeness (QED) is 0.852. The number of hydrogen-bond donors (Lipinski definition) is 1. The molecule has 2 aromatic rings. The van der Waals surface area contributed by atoms with E-state index in [-0.39, 0.29) is 0 Å². The van der Waals surface area contributed by atoms with Crippen LogP contribution in [0.1, 0.15) is 17.5 Å². The van der Waals surface area contributed by atoms with Crippen molar-refractivity contribution in [3.8, 4) is 5.75 Å². The molecule has 3 heteroatoms. The average molecular weight is 269 g/mol. The lowest BCUT2D eigenvalue weighted by molar-refractivity contribution is 0.306. The maximum Gasteiger partial charge on any atom is 0.120 e. The van der Waals surface area contributed by atoms with Gasteiger partial charge < -0.3 is 10.1 Å². The highest BCUT2D eigenvalue weighted by Crippen LogP contribution is 2.27. The zero-order valence-electron chi connectivity index (χ0n) is 10.6. The summed E-state index contributed by atoms with van der Waals surface area (Å²) in [5.74, 6) is 0.914. The van der Waals surface area contributed by atoms with Gasteiger partial charge in [-0.3, -0.25) is 0 Å². The fraction of sp³-hybridized carbons (Fsp3) is 0.188. The topological polar surface area (TPSA) is 21.3 Å². The summed E-state index contributed by atoms with van der Waals surface area (Å²) in [6, 6.07) is 16.3. The normalized spacial score (nSPS) is 13.6. The maximum absolute atomic E-state index is 5.82. The van der Waals surface area contributed by atoms with Crippen LogP contribution in [0.3, 0.4) is 0 Å². The number of fused-ring (bicyclic) bond motifs is 1. The van der Waals surface area contributed by atoms with Crippen LogP contribution in [0, 0.1) is 0 Å². The standard InChI is InChI=1S/C16H15NOS/c19-16-9-6-13-10-14(7-8-15(13)17-16)18-11-12-4-2-1-3-5-12/h1-5,7-8,10H,6,9,11H2,(H,17,19). The van der Waals surface area contributed by atoms with Gasteiger partial charge in [-0.25, -0.2) is 0 Å². The number of benzene rings is 2. The molecule has 0 amide bonds. The monoisotopic (exact) mass is 269 g/mol. The van der Waals surface area contributed by atoms with Crippen molar-refractivity contribution in [2.45, 2.75) is 19.4 Å². The van der Waals surface area contributed by atoms with Gasteiger partial charge >= 0.3 is 0 Å². The third kappa shape index (κ3) is 2.93. The molecule has 0 radical (unpaired) electrons. The average Bonchev–Trinajstić information content (AvgIpc) is 2.46. The van der Waals surface area contributed by atoms with Crippen LogP contribution < -0.4 is 10.1 Å². The van der Waals surface area contributed by atoms with Gasteiger partial charge in [0.05, 0.1) is 4.99 Å². The Kier molecular flexibility index (Phi) is 3.47. The molecule has 3 rings (SSSR count). The van der Waals surface area contributed by atoms with E-state index in [4.69, 9.17) is 17.0 Å². The number of ether oxygens (including phenoxy) is 1. The molecule has 0 unspecified atom stereocenters. The van der Waals surface area contributed by atoms with Crippen molar-refractivity contribution in [2.24, 2.45) is 0 Å². The third-order valence-corrected chi connectivity index (χ3v) is 3.53. The van der Waals surface area contributed by atoms with Gasteiger partial charge in [0.2, 0.25) is 0 Å². The van der Waals surface area contributed by atoms with Gasteiger partial charge in [0, 0.05) is 12.1 Å². The van der Waals surface area contributed by atoms with Crippen LogP contribution in [0.4, 0.5) is 5.69 Å². The zero-order chi connectivity index (χ0) is 13.1. The summed E-state index contributed by atoms with van der Waals surface area (Å²) in [5, 5.41) is 3.24. The van der Waals surface area contributed by atoms with Crippen molar-refractivity contribution in [1.82, 2.24) is 0 Å². The molecule has 0 bridgehead atoms. The molecule has 0 saturated heterocycles. The first kappa shape index (κ1) is 12.2. The predicted molar refractivity (Wildman–Crippen MR) is 81.8 cm³/mol. The molecule has 0 atom stereocenters. The van der Waals surface area contributed by atoms with Crippen molar-refractivity contribution in [1.29, 1.82) is 0 Å². The van der Waals surface area contributed by atoms with E-state index in [1.807, 2.05) is 30.3 Å². The van der Waals surface area contributed by atoms with Crippen LogP contribution in [-0.2, 0) is 13.0 Å². The van der Waals surface area contributed by atoms with Crippen LogP contribution in [-0.4, -0.2) is 4.99 Å². The number of aryl methyl sites for hydroxylation is 1. The van der Waals surface area contributed by atoms with E-state index < -0.39 is 0 Å². The maximum atomic E-state index is 5.82. The zero-order valence-corrected chi connectivity index (χ0v) is 11.4. The number of thiocarbonyl (C=S) groups is 1. The summed E-state index contributed by atoms with van der Waals surface area (Å²) in [4.78, 5) is 0.922. The highest BCUT2D eigenvalue weighted by Gasteiger charge is 2.12. The van der Waals surface area contributed by atoms with E-state index >= 15 is 0 Å². The van der Waals surface area contributed by atoms with E-state index in [0.717, 1.165) is 29.3 Å². The fourth-order valence-electron chi connectivity index (χ4n) is 2.19. The van der Waals surface area contributed by atoms with E-state index in [1.54, 1.807) is 0 Å². The highest BCUT2D eigenvalue weighted by atomic mass is 32.1. The highest BCUT2D eigenvalue weighted by molar-refractivity contribution is 7.80. The summed E-state index contributed by atoms with van der Waals surface area (Å²) in [7, 11) is 0. The fourth-order valence-corrected chi connectivity index (χ4v) is 2.40. The van der Waals surface area contributed by atoms with Crippen molar-refractivity contribution in [2.75, 3.05) is 5.32 Å². The SMILES string of the molecule is S=C1CCc2cc(OCc3ccccc3)ccc2N1. The molecular weight excluding hydrogens is 254 g/mol. The molecular formula is C16H15NOS. The number of anilines is 1. The molecule has 1 N–H and O–H groups in total. The first-order valence-corrected chi connectivity index (χ1v) is 6.81. The van der Waals surface area contributed by atoms with Crippen molar-refractivity contribution >= 4 is 22.9 Å². The van der Waals surface area contributed by atoms with E-state index in [9.17, 15) is 0 Å². The first-order valence-electron chi connectivity index (χ1n) is 6.41. The third-order valence-electron chi connectivity index (χ3n) is 3.22. The molecule has 1 aliphatic heterocycles. The van der Waals surface area contributed by atoms with Gasteiger partial charge in [0.1, 0.15) is 12.4 Å². The Balaban J connectivity index is 1.71. The second-order valence-electron chi connectivity index (χ2n) is 4.64. The Morgan fingerprint density at radius 1 is 1.05 bits per heavy atom. The minimum Gasteiger partial charge on any atom is -0.489 e. The molecule has 2 nitrogen and oxygen atoms in total. The molecule has 0 saturated carbocycles. The largest absolute Gasteiger partial charge is 0.489 e. The summed E-state index contributed by atoms with van der Waals surface area (Å²) >= 11 is 5.19. The Hall–Kier alpha value is -1.87. The molecule has 2 aromatic carbocycles. The molecule has 0 aromatic heterocycles. The first-order chi connectivity index (χ1) is 9.31. The molecule has 0 aliphatic carbocycles. The number of hydrogen-bond acceptors (Lipinski definition) is 2. The second-order valence-corrected chi connectivity index (χ2v) is 5.13. The van der Waals surface area contributed by atoms with E-state index in [0.29, 0.717) is 6.61 Å². The second kappa shape index (κ2) is 5.41. The molecule has 0 spiro atoms. The predicted octanol–water partition coefficient (Wildman–Crippen LogP) is 3.95. The van der Waals surface area contributed by atoms with Crippen LogP contribution in [0.5, 0.6) is 5.75 Å². The summed E-state index contributed by atoms with van der Waals surface area (Å²) in [5.41, 5.74) is 3.57. The Labute approximate surface area is 118 Å². The molecule has 0 fully saturated rings. The van der Waals surface area contributed by atoms with Crippen LogP contribution in [0.25, 0.3) is 0 Å². The van der Waals surface area contributed by atoms with Gasteiger partial charge in [-0.15, -0.1) is 0 Å². The Bertz CT molecular complexity index is 595. The molecule has 19 heavy (non-hydrogen) atoms. The summed E-state index contributed by atoms with van der Waals surface area (Å²) in [6.07, 6.45) is 1.91. The Morgan fingerprint density at radius 3 is 2.74 bits per heavy atom. The molecule has 96 valence electrons. The van der Waals surface area contributed by atoms with Crippen LogP contribution >= 0.6 is 12.2 Å². The smallest absolute Gasteiger partial charge is 0.120 e.